The monoisotopic (exact) mass is 219 g/mol. The normalized spacial score (nSPS) is 41.3. The first kappa shape index (κ1) is 12.4. The number of carbonyl (C=O) groups excluding carboxylic acids is 1. The van der Waals surface area contributed by atoms with Gasteiger partial charge in [0.05, 0.1) is 18.8 Å². The maximum absolute atomic E-state index is 10.9. The number of aliphatic hydroxyl groups is 3. The average Bonchev–Trinajstić information content (AvgIpc) is 2.18. The Balaban J connectivity index is 2.70. The number of aliphatic hydroxyl groups excluding tert-OH is 3. The molecule has 0 saturated carbocycles. The number of hydrogen-bond donors (Lipinski definition) is 4. The zero-order chi connectivity index (χ0) is 11.6. The summed E-state index contributed by atoms with van der Waals surface area (Å²) in [5, 5.41) is 30.6. The van der Waals surface area contributed by atoms with Crippen LogP contribution in [0.2, 0.25) is 0 Å². The van der Waals surface area contributed by atoms with Gasteiger partial charge >= 0.3 is 0 Å². The van der Waals surface area contributed by atoms with Crippen LogP contribution in [0.3, 0.4) is 0 Å². The molecule has 1 amide bonds. The van der Waals surface area contributed by atoms with Gasteiger partial charge in [0.25, 0.3) is 0 Å². The highest BCUT2D eigenvalue weighted by Gasteiger charge is 2.42. The highest BCUT2D eigenvalue weighted by Crippen LogP contribution is 2.20. The zero-order valence-electron chi connectivity index (χ0n) is 8.75. The summed E-state index contributed by atoms with van der Waals surface area (Å²) in [6.45, 7) is 2.62. The summed E-state index contributed by atoms with van der Waals surface area (Å²) >= 11 is 0. The summed E-state index contributed by atoms with van der Waals surface area (Å²) in [5.41, 5.74) is 0. The summed E-state index contributed by atoms with van der Waals surface area (Å²) in [6.07, 6.45) is -3.58. The van der Waals surface area contributed by atoms with E-state index in [0.29, 0.717) is 0 Å². The van der Waals surface area contributed by atoms with Crippen LogP contribution in [0.4, 0.5) is 0 Å². The average molecular weight is 219 g/mol. The predicted octanol–water partition coefficient (Wildman–Crippen LogP) is -2.01. The van der Waals surface area contributed by atoms with Gasteiger partial charge in [0.2, 0.25) is 5.91 Å². The summed E-state index contributed by atoms with van der Waals surface area (Å²) in [7, 11) is 0. The van der Waals surface area contributed by atoms with Gasteiger partial charge < -0.3 is 25.4 Å². The second-order valence-corrected chi connectivity index (χ2v) is 3.77. The third-order valence-corrected chi connectivity index (χ3v) is 2.54. The van der Waals surface area contributed by atoms with Crippen LogP contribution < -0.4 is 5.32 Å². The molecule has 15 heavy (non-hydrogen) atoms. The van der Waals surface area contributed by atoms with Gasteiger partial charge in [0.15, 0.2) is 0 Å². The molecule has 0 aliphatic carbocycles. The molecule has 0 spiro atoms. The van der Waals surface area contributed by atoms with E-state index in [0.717, 1.165) is 0 Å². The number of carbonyl (C=O) groups is 1. The van der Waals surface area contributed by atoms with Crippen LogP contribution in [0.5, 0.6) is 0 Å². The minimum absolute atomic E-state index is 0.302. The van der Waals surface area contributed by atoms with E-state index in [-0.39, 0.29) is 12.5 Å². The van der Waals surface area contributed by atoms with Gasteiger partial charge in [0, 0.05) is 6.92 Å². The van der Waals surface area contributed by atoms with Crippen LogP contribution in [0.25, 0.3) is 0 Å². The Kier molecular flexibility index (Phi) is 4.04. The van der Waals surface area contributed by atoms with Crippen LogP contribution in [0, 0.1) is 0 Å². The Hall–Kier alpha value is -0.690. The van der Waals surface area contributed by atoms with Crippen molar-refractivity contribution in [2.24, 2.45) is 0 Å². The van der Waals surface area contributed by atoms with E-state index < -0.39 is 30.5 Å². The quantitative estimate of drug-likeness (QED) is 0.430. The summed E-state index contributed by atoms with van der Waals surface area (Å²) in [5.74, 6) is -0.302. The van der Waals surface area contributed by atoms with E-state index in [2.05, 4.69) is 5.32 Å². The summed E-state index contributed by atoms with van der Waals surface area (Å²) in [6, 6.07) is -0.653. The fourth-order valence-electron chi connectivity index (χ4n) is 1.74. The van der Waals surface area contributed by atoms with E-state index >= 15 is 0 Å². The zero-order valence-corrected chi connectivity index (χ0v) is 8.75. The topological polar surface area (TPSA) is 99.0 Å². The Morgan fingerprint density at radius 1 is 1.40 bits per heavy atom. The first-order valence-electron chi connectivity index (χ1n) is 4.87. The van der Waals surface area contributed by atoms with E-state index in [9.17, 15) is 15.0 Å². The smallest absolute Gasteiger partial charge is 0.217 e. The highest BCUT2D eigenvalue weighted by atomic mass is 16.5. The second-order valence-electron chi connectivity index (χ2n) is 3.77. The maximum atomic E-state index is 10.9. The first-order valence-corrected chi connectivity index (χ1v) is 4.87. The van der Waals surface area contributed by atoms with Crippen molar-refractivity contribution in [2.45, 2.75) is 44.3 Å². The Morgan fingerprint density at radius 2 is 2.00 bits per heavy atom. The molecular formula is C9H17NO5. The van der Waals surface area contributed by atoms with Crippen LogP contribution in [-0.4, -0.2) is 58.3 Å². The molecule has 6 nitrogen and oxygen atoms in total. The molecule has 1 aliphatic heterocycles. The molecule has 1 rings (SSSR count). The first-order chi connectivity index (χ1) is 6.97. The Bertz CT molecular complexity index is 235. The largest absolute Gasteiger partial charge is 0.394 e. The number of hydrogen-bond acceptors (Lipinski definition) is 5. The minimum atomic E-state index is -1.19. The van der Waals surface area contributed by atoms with Crippen LogP contribution in [0.15, 0.2) is 0 Å². The van der Waals surface area contributed by atoms with Gasteiger partial charge in [-0.05, 0) is 6.92 Å². The van der Waals surface area contributed by atoms with Gasteiger partial charge in [-0.15, -0.1) is 0 Å². The maximum Gasteiger partial charge on any atom is 0.217 e. The highest BCUT2D eigenvalue weighted by molar-refractivity contribution is 5.73. The summed E-state index contributed by atoms with van der Waals surface area (Å²) < 4.78 is 5.26. The van der Waals surface area contributed by atoms with Gasteiger partial charge in [-0.1, -0.05) is 0 Å². The van der Waals surface area contributed by atoms with Crippen LogP contribution >= 0.6 is 0 Å². The molecule has 0 aromatic rings. The van der Waals surface area contributed by atoms with Crippen molar-refractivity contribution in [2.75, 3.05) is 6.61 Å². The molecule has 1 aliphatic rings. The van der Waals surface area contributed by atoms with Crippen molar-refractivity contribution in [3.8, 4) is 0 Å². The molecule has 2 unspecified atom stereocenters. The van der Waals surface area contributed by atoms with Crippen molar-refractivity contribution in [1.82, 2.24) is 5.32 Å². The number of ether oxygens (including phenoxy) is 1. The van der Waals surface area contributed by atoms with Gasteiger partial charge in [-0.3, -0.25) is 4.79 Å². The van der Waals surface area contributed by atoms with Crippen molar-refractivity contribution < 1.29 is 24.9 Å². The number of nitrogens with one attached hydrogen (secondary N) is 1. The van der Waals surface area contributed by atoms with Gasteiger partial charge in [0.1, 0.15) is 18.3 Å². The Labute approximate surface area is 87.9 Å². The standard InChI is InChI=1S/C9H17NO5/c1-4-7(10-5(2)12)9(14)8(13)6(3-11)15-4/h4,6-9,11,13-14H,3H2,1-2H3,(H,10,12)/t4-,6?,7?,8-,9-/m1/s1. The Morgan fingerprint density at radius 3 is 2.47 bits per heavy atom. The van der Waals surface area contributed by atoms with Crippen molar-refractivity contribution in [1.29, 1.82) is 0 Å². The molecule has 0 radical (unpaired) electrons. The van der Waals surface area contributed by atoms with Crippen molar-refractivity contribution in [3.63, 3.8) is 0 Å². The van der Waals surface area contributed by atoms with E-state index in [1.165, 1.54) is 6.92 Å². The molecule has 6 heteroatoms. The third kappa shape index (κ3) is 2.66. The predicted molar refractivity (Wildman–Crippen MR) is 51.0 cm³/mol. The fourth-order valence-corrected chi connectivity index (χ4v) is 1.74. The molecule has 88 valence electrons. The lowest BCUT2D eigenvalue weighted by Gasteiger charge is -2.41. The number of amides is 1. The second kappa shape index (κ2) is 4.89. The lowest BCUT2D eigenvalue weighted by Crippen LogP contribution is -2.63. The van der Waals surface area contributed by atoms with E-state index in [1.54, 1.807) is 6.92 Å². The molecule has 0 aromatic carbocycles. The van der Waals surface area contributed by atoms with E-state index in [4.69, 9.17) is 9.84 Å². The molecule has 1 saturated heterocycles. The number of rotatable bonds is 2. The minimum Gasteiger partial charge on any atom is -0.394 e. The molecule has 0 aromatic heterocycles. The molecule has 4 N–H and O–H groups in total. The fraction of sp³-hybridized carbons (Fsp3) is 0.889. The molecular weight excluding hydrogens is 202 g/mol. The van der Waals surface area contributed by atoms with Crippen molar-refractivity contribution >= 4 is 5.91 Å². The van der Waals surface area contributed by atoms with Gasteiger partial charge in [-0.2, -0.15) is 0 Å². The summed E-state index contributed by atoms with van der Waals surface area (Å²) in [4.78, 5) is 10.9. The molecule has 1 heterocycles. The van der Waals surface area contributed by atoms with Crippen LogP contribution in [-0.2, 0) is 9.53 Å². The third-order valence-electron chi connectivity index (χ3n) is 2.54. The SMILES string of the molecule is CC(=O)NC1[C@@H](O)[C@H](O)C(CO)O[C@@H]1C. The molecule has 1 fully saturated rings. The van der Waals surface area contributed by atoms with Crippen LogP contribution in [0.1, 0.15) is 13.8 Å². The van der Waals surface area contributed by atoms with E-state index in [1.807, 2.05) is 0 Å². The van der Waals surface area contributed by atoms with Crippen molar-refractivity contribution in [3.05, 3.63) is 0 Å². The van der Waals surface area contributed by atoms with Gasteiger partial charge in [-0.25, -0.2) is 0 Å². The lowest BCUT2D eigenvalue weighted by atomic mass is 9.93. The molecule has 0 bridgehead atoms. The lowest BCUT2D eigenvalue weighted by molar-refractivity contribution is -0.190. The molecule has 5 atom stereocenters.